The van der Waals surface area contributed by atoms with E-state index in [9.17, 15) is 9.59 Å². The Morgan fingerprint density at radius 3 is 2.44 bits per heavy atom. The van der Waals surface area contributed by atoms with E-state index in [4.69, 9.17) is 0 Å². The lowest BCUT2D eigenvalue weighted by Gasteiger charge is -2.26. The first-order chi connectivity index (χ1) is 13.0. The Bertz CT molecular complexity index is 641. The summed E-state index contributed by atoms with van der Waals surface area (Å²) in [6.45, 7) is 8.26. The van der Waals surface area contributed by atoms with E-state index < -0.39 is 6.04 Å². The molecule has 1 aliphatic rings. The molecule has 2 amide bonds. The van der Waals surface area contributed by atoms with Crippen molar-refractivity contribution < 1.29 is 9.59 Å². The standard InChI is InChI=1S/C23H36N2O2/c1-5-8-10-17(7-3)22(26)25-21(16(4)6-2)23(27)24-20-14-13-18-11-9-12-19(18)15-20/h13-17,21H,5-12H2,1-4H3,(H,24,27)(H,25,26). The van der Waals surface area contributed by atoms with E-state index >= 15 is 0 Å². The Hall–Kier alpha value is -1.84. The molecule has 1 aromatic carbocycles. The maximum Gasteiger partial charge on any atom is 0.247 e. The predicted octanol–water partition coefficient (Wildman–Crippen LogP) is 4.86. The topological polar surface area (TPSA) is 58.2 Å². The van der Waals surface area contributed by atoms with Gasteiger partial charge >= 0.3 is 0 Å². The van der Waals surface area contributed by atoms with Crippen LogP contribution in [0.1, 0.15) is 77.3 Å². The van der Waals surface area contributed by atoms with Crippen LogP contribution in [-0.4, -0.2) is 17.9 Å². The van der Waals surface area contributed by atoms with Gasteiger partial charge in [0.2, 0.25) is 11.8 Å². The highest BCUT2D eigenvalue weighted by atomic mass is 16.2. The Kier molecular flexibility index (Phi) is 8.33. The average Bonchev–Trinajstić information content (AvgIpc) is 3.13. The van der Waals surface area contributed by atoms with Crippen LogP contribution in [0.25, 0.3) is 0 Å². The van der Waals surface area contributed by atoms with Gasteiger partial charge in [-0.15, -0.1) is 0 Å². The number of hydrogen-bond donors (Lipinski definition) is 2. The zero-order chi connectivity index (χ0) is 19.8. The van der Waals surface area contributed by atoms with Gasteiger partial charge in [-0.25, -0.2) is 0 Å². The summed E-state index contributed by atoms with van der Waals surface area (Å²) >= 11 is 0. The molecular formula is C23H36N2O2. The van der Waals surface area contributed by atoms with Gasteiger partial charge in [0.1, 0.15) is 6.04 Å². The minimum absolute atomic E-state index is 0.00991. The molecule has 3 atom stereocenters. The fourth-order valence-electron chi connectivity index (χ4n) is 3.81. The number of carbonyl (C=O) groups is 2. The highest BCUT2D eigenvalue weighted by molar-refractivity contribution is 5.97. The summed E-state index contributed by atoms with van der Waals surface area (Å²) in [5.74, 6) is -0.0160. The summed E-state index contributed by atoms with van der Waals surface area (Å²) in [4.78, 5) is 25.7. The van der Waals surface area contributed by atoms with Crippen LogP contribution in [-0.2, 0) is 22.4 Å². The number of unbranched alkanes of at least 4 members (excludes halogenated alkanes) is 1. The van der Waals surface area contributed by atoms with Crippen molar-refractivity contribution in [2.24, 2.45) is 11.8 Å². The molecule has 0 saturated heterocycles. The number of anilines is 1. The second kappa shape index (κ2) is 10.5. The van der Waals surface area contributed by atoms with E-state index in [1.807, 2.05) is 19.9 Å². The van der Waals surface area contributed by atoms with Crippen molar-refractivity contribution in [3.05, 3.63) is 29.3 Å². The van der Waals surface area contributed by atoms with Gasteiger partial charge in [0.15, 0.2) is 0 Å². The Labute approximate surface area is 164 Å². The van der Waals surface area contributed by atoms with Crippen LogP contribution in [0.3, 0.4) is 0 Å². The van der Waals surface area contributed by atoms with E-state index in [0.717, 1.165) is 50.6 Å². The van der Waals surface area contributed by atoms with Gasteiger partial charge in [-0.05, 0) is 61.3 Å². The first-order valence-corrected chi connectivity index (χ1v) is 10.7. The molecule has 0 aromatic heterocycles. The van der Waals surface area contributed by atoms with Crippen LogP contribution in [0, 0.1) is 11.8 Å². The number of rotatable bonds is 10. The molecule has 1 aliphatic carbocycles. The Morgan fingerprint density at radius 2 is 1.78 bits per heavy atom. The summed E-state index contributed by atoms with van der Waals surface area (Å²) in [5.41, 5.74) is 3.56. The van der Waals surface area contributed by atoms with Crippen molar-refractivity contribution in [3.63, 3.8) is 0 Å². The first-order valence-electron chi connectivity index (χ1n) is 10.7. The van der Waals surface area contributed by atoms with Crippen LogP contribution in [0.5, 0.6) is 0 Å². The SMILES string of the molecule is CCCCC(CC)C(=O)NC(C(=O)Nc1ccc2c(c1)CCC2)C(C)CC. The molecular weight excluding hydrogens is 336 g/mol. The van der Waals surface area contributed by atoms with Gasteiger partial charge in [-0.3, -0.25) is 9.59 Å². The molecule has 150 valence electrons. The van der Waals surface area contributed by atoms with Crippen LogP contribution in [0.2, 0.25) is 0 Å². The molecule has 4 nitrogen and oxygen atoms in total. The number of nitrogens with one attached hydrogen (secondary N) is 2. The van der Waals surface area contributed by atoms with E-state index in [0.29, 0.717) is 0 Å². The molecule has 0 fully saturated rings. The third kappa shape index (κ3) is 5.82. The normalized spacial score (nSPS) is 16.3. The third-order valence-corrected chi connectivity index (χ3v) is 5.93. The number of fused-ring (bicyclic) bond motifs is 1. The van der Waals surface area contributed by atoms with Crippen molar-refractivity contribution in [3.8, 4) is 0 Å². The zero-order valence-electron chi connectivity index (χ0n) is 17.4. The molecule has 0 saturated carbocycles. The lowest BCUT2D eigenvalue weighted by Crippen LogP contribution is -2.49. The van der Waals surface area contributed by atoms with Crippen molar-refractivity contribution >= 4 is 17.5 Å². The highest BCUT2D eigenvalue weighted by Gasteiger charge is 2.28. The van der Waals surface area contributed by atoms with Crippen molar-refractivity contribution in [1.29, 1.82) is 0 Å². The van der Waals surface area contributed by atoms with Gasteiger partial charge in [0, 0.05) is 11.6 Å². The van der Waals surface area contributed by atoms with E-state index in [1.54, 1.807) is 0 Å². The van der Waals surface area contributed by atoms with Gasteiger partial charge in [0.25, 0.3) is 0 Å². The molecule has 2 rings (SSSR count). The third-order valence-electron chi connectivity index (χ3n) is 5.93. The monoisotopic (exact) mass is 372 g/mol. The molecule has 0 aliphatic heterocycles. The summed E-state index contributed by atoms with van der Waals surface area (Å²) in [7, 11) is 0. The molecule has 0 bridgehead atoms. The first kappa shape index (κ1) is 21.5. The summed E-state index contributed by atoms with van der Waals surface area (Å²) < 4.78 is 0. The lowest BCUT2D eigenvalue weighted by atomic mass is 9.94. The van der Waals surface area contributed by atoms with Crippen molar-refractivity contribution in [1.82, 2.24) is 5.32 Å². The second-order valence-electron chi connectivity index (χ2n) is 7.95. The van der Waals surface area contributed by atoms with E-state index in [2.05, 4.69) is 36.6 Å². The number of hydrogen-bond acceptors (Lipinski definition) is 2. The number of benzene rings is 1. The fourth-order valence-corrected chi connectivity index (χ4v) is 3.81. The molecule has 1 aromatic rings. The van der Waals surface area contributed by atoms with Crippen LogP contribution in [0.4, 0.5) is 5.69 Å². The number of amides is 2. The maximum absolute atomic E-state index is 12.9. The quantitative estimate of drug-likeness (QED) is 0.616. The van der Waals surface area contributed by atoms with E-state index in [-0.39, 0.29) is 23.7 Å². The smallest absolute Gasteiger partial charge is 0.247 e. The average molecular weight is 373 g/mol. The van der Waals surface area contributed by atoms with Gasteiger partial charge < -0.3 is 10.6 Å². The maximum atomic E-state index is 12.9. The highest BCUT2D eigenvalue weighted by Crippen LogP contribution is 2.25. The second-order valence-corrected chi connectivity index (χ2v) is 7.95. The van der Waals surface area contributed by atoms with Crippen LogP contribution in [0.15, 0.2) is 18.2 Å². The Balaban J connectivity index is 2.05. The summed E-state index contributed by atoms with van der Waals surface area (Å²) in [6.07, 6.45) is 8.07. The summed E-state index contributed by atoms with van der Waals surface area (Å²) in [5, 5.41) is 6.09. The molecule has 0 heterocycles. The van der Waals surface area contributed by atoms with Crippen LogP contribution < -0.4 is 10.6 Å². The number of aryl methyl sites for hydroxylation is 2. The predicted molar refractivity (Wildman–Crippen MR) is 112 cm³/mol. The van der Waals surface area contributed by atoms with Crippen molar-refractivity contribution in [2.75, 3.05) is 5.32 Å². The fraction of sp³-hybridized carbons (Fsp3) is 0.652. The molecule has 0 spiro atoms. The number of carbonyl (C=O) groups excluding carboxylic acids is 2. The van der Waals surface area contributed by atoms with Gasteiger partial charge in [-0.1, -0.05) is 53.0 Å². The largest absolute Gasteiger partial charge is 0.344 e. The molecule has 3 unspecified atom stereocenters. The van der Waals surface area contributed by atoms with Gasteiger partial charge in [0.05, 0.1) is 0 Å². The minimum atomic E-state index is -0.494. The zero-order valence-corrected chi connectivity index (χ0v) is 17.4. The minimum Gasteiger partial charge on any atom is -0.344 e. The lowest BCUT2D eigenvalue weighted by molar-refractivity contribution is -0.130. The molecule has 4 heteroatoms. The van der Waals surface area contributed by atoms with E-state index in [1.165, 1.54) is 17.5 Å². The molecule has 2 N–H and O–H groups in total. The van der Waals surface area contributed by atoms with Crippen molar-refractivity contribution in [2.45, 2.75) is 85.1 Å². The van der Waals surface area contributed by atoms with Crippen LogP contribution >= 0.6 is 0 Å². The molecule has 27 heavy (non-hydrogen) atoms. The van der Waals surface area contributed by atoms with Gasteiger partial charge in [-0.2, -0.15) is 0 Å². The Morgan fingerprint density at radius 1 is 1.04 bits per heavy atom. The molecule has 0 radical (unpaired) electrons. The summed E-state index contributed by atoms with van der Waals surface area (Å²) in [6, 6.07) is 5.69.